The Kier molecular flexibility index (Phi) is 17.4. The van der Waals surface area contributed by atoms with Crippen LogP contribution in [0.2, 0.25) is 20.1 Å². The Bertz CT molecular complexity index is 2680. The first kappa shape index (κ1) is 55.0. The van der Waals surface area contributed by atoms with Gasteiger partial charge in [-0.05, 0) is 192 Å². The molecule has 8 fully saturated rings. The van der Waals surface area contributed by atoms with Crippen molar-refractivity contribution in [2.45, 2.75) is 51.4 Å². The average Bonchev–Trinajstić information content (AvgIpc) is 4.30. The van der Waals surface area contributed by atoms with E-state index in [9.17, 15) is 9.59 Å². The summed E-state index contributed by atoms with van der Waals surface area (Å²) in [6, 6.07) is 24.7. The Morgan fingerprint density at radius 1 is 0.429 bits per heavy atom. The lowest BCUT2D eigenvalue weighted by molar-refractivity contribution is -0.117. The molecule has 0 bridgehead atoms. The third-order valence-electron chi connectivity index (χ3n) is 18.9. The van der Waals surface area contributed by atoms with Crippen LogP contribution in [0.1, 0.15) is 49.7 Å². The number of carbonyl (C=O) groups excluding carboxylic acids is 2. The van der Waals surface area contributed by atoms with Gasteiger partial charge in [-0.3, -0.25) is 9.59 Å². The fourth-order valence-corrected chi connectivity index (χ4v) is 15.7. The molecule has 16 heteroatoms. The molecule has 8 saturated heterocycles. The molecule has 10 aliphatic rings. The first-order valence-electron chi connectivity index (χ1n) is 28.8. The number of nitrogens with zero attached hydrogens (tertiary/aromatic N) is 7. The highest BCUT2D eigenvalue weighted by Crippen LogP contribution is 2.40. The summed E-state index contributed by atoms with van der Waals surface area (Å²) in [6.07, 6.45) is 8.08. The van der Waals surface area contributed by atoms with Crippen molar-refractivity contribution in [2.24, 2.45) is 47.3 Å². The van der Waals surface area contributed by atoms with Gasteiger partial charge in [-0.1, -0.05) is 58.5 Å². The van der Waals surface area contributed by atoms with Gasteiger partial charge in [-0.15, -0.1) is 0 Å². The molecule has 2 amide bonds. The molecule has 8 atom stereocenters. The first-order valence-corrected chi connectivity index (χ1v) is 30.3. The molecule has 0 radical (unpaired) electrons. The maximum absolute atomic E-state index is 11.5. The van der Waals surface area contributed by atoms with E-state index in [0.717, 1.165) is 122 Å². The lowest BCUT2D eigenvalue weighted by Crippen LogP contribution is -2.28. The maximum atomic E-state index is 11.5. The van der Waals surface area contributed by atoms with Crippen LogP contribution in [0, 0.1) is 47.3 Å². The molecule has 4 aromatic rings. The summed E-state index contributed by atoms with van der Waals surface area (Å²) < 4.78 is 0. The summed E-state index contributed by atoms with van der Waals surface area (Å²) >= 11 is 24.4. The zero-order valence-electron chi connectivity index (χ0n) is 45.5. The van der Waals surface area contributed by atoms with Crippen LogP contribution in [-0.2, 0) is 22.4 Å². The second kappa shape index (κ2) is 24.4. The summed E-state index contributed by atoms with van der Waals surface area (Å²) in [6.45, 7) is 18.9. The van der Waals surface area contributed by atoms with Crippen LogP contribution < -0.4 is 35.6 Å². The fraction of sp³-hybridized carbons (Fsp3) is 0.574. The maximum Gasteiger partial charge on any atom is 0.224 e. The second-order valence-electron chi connectivity index (χ2n) is 24.3. The fourth-order valence-electron chi connectivity index (χ4n) is 14.8. The van der Waals surface area contributed by atoms with Crippen molar-refractivity contribution in [3.8, 4) is 0 Å². The van der Waals surface area contributed by atoms with Crippen LogP contribution >= 0.6 is 46.4 Å². The highest BCUT2D eigenvalue weighted by molar-refractivity contribution is 6.42. The van der Waals surface area contributed by atoms with E-state index < -0.39 is 0 Å². The number of likely N-dealkylation sites (tertiary alicyclic amines) is 3. The SMILES string of the molecule is CN1CC2CCN(c3ccc(Cl)c(Cl)c3)CCC2C1.CN1CC2CN(c3ccc4c(c3)NC(=O)CC4)CC2C1.CN1CC2CN(c3cccc4c3CCC(=O)N4)CC2C1.Clc1ccc(N2CCC3CNCC3CC2)c(Cl)c1. The first-order chi connectivity index (χ1) is 37.3. The van der Waals surface area contributed by atoms with Crippen molar-refractivity contribution in [1.82, 2.24) is 20.0 Å². The van der Waals surface area contributed by atoms with Crippen LogP contribution in [0.3, 0.4) is 0 Å². The summed E-state index contributed by atoms with van der Waals surface area (Å²) in [4.78, 5) is 40.3. The number of halogens is 4. The predicted molar refractivity (Wildman–Crippen MR) is 320 cm³/mol. The number of anilines is 6. The van der Waals surface area contributed by atoms with Crippen LogP contribution in [0.15, 0.2) is 72.8 Å². The van der Waals surface area contributed by atoms with E-state index >= 15 is 0 Å². The third-order valence-corrected chi connectivity index (χ3v) is 20.2. The number of rotatable bonds is 4. The number of benzene rings is 4. The lowest BCUT2D eigenvalue weighted by Gasteiger charge is -2.27. The van der Waals surface area contributed by atoms with Crippen LogP contribution in [-0.4, -0.2) is 152 Å². The highest BCUT2D eigenvalue weighted by Gasteiger charge is 2.41. The standard InChI is InChI=1S/2C16H21N3O.C15H20Cl2N2.C14H18Cl2N2/c1-18-7-12-9-19(10-13(12)8-18)14-4-2-11-3-5-16(20)17-15(11)6-14;1-18-7-11-9-19(10-12(11)8-18)15-4-2-3-14-13(15)5-6-16(20)17-14;1-18-9-11-4-6-19(7-5-12(11)10-18)13-2-3-14(16)15(17)8-13;15-12-1-2-14(13(16)7-12)18-5-3-10-8-17-9-11(10)4-6-18/h2,4,6,12-13H,3,5,7-10H2,1H3,(H,17,20);2-4,11-12H,5-10H2,1H3,(H,17,20);2-3,8,11-12H,4-7,9-10H2,1H3;1-2,7,10-11,17H,3-6,8-9H2. The van der Waals surface area contributed by atoms with Gasteiger partial charge in [0.15, 0.2) is 0 Å². The summed E-state index contributed by atoms with van der Waals surface area (Å²) in [7, 11) is 6.69. The molecule has 0 aliphatic carbocycles. The van der Waals surface area contributed by atoms with Crippen LogP contribution in [0.5, 0.6) is 0 Å². The predicted octanol–water partition coefficient (Wildman–Crippen LogP) is 10.3. The molecule has 10 aliphatic heterocycles. The van der Waals surface area contributed by atoms with Gasteiger partial charge in [0.05, 0.1) is 20.8 Å². The largest absolute Gasteiger partial charge is 0.371 e. The van der Waals surface area contributed by atoms with Crippen LogP contribution in [0.4, 0.5) is 34.1 Å². The second-order valence-corrected chi connectivity index (χ2v) is 25.9. The highest BCUT2D eigenvalue weighted by atomic mass is 35.5. The topological polar surface area (TPSA) is 92.9 Å². The van der Waals surface area contributed by atoms with Gasteiger partial charge in [-0.2, -0.15) is 0 Å². The molecule has 8 unspecified atom stereocenters. The average molecular weight is 1130 g/mol. The molecular formula is C61H80Cl4N10O2. The molecule has 0 spiro atoms. The van der Waals surface area contributed by atoms with Crippen molar-refractivity contribution in [1.29, 1.82) is 0 Å². The smallest absolute Gasteiger partial charge is 0.224 e. The number of aryl methyl sites for hydroxylation is 1. The molecule has 414 valence electrons. The Balaban J connectivity index is 0.000000109. The van der Waals surface area contributed by atoms with Gasteiger partial charge in [0.25, 0.3) is 0 Å². The van der Waals surface area contributed by atoms with Crippen LogP contribution in [0.25, 0.3) is 0 Å². The summed E-state index contributed by atoms with van der Waals surface area (Å²) in [5.74, 6) is 6.99. The van der Waals surface area contributed by atoms with E-state index in [2.05, 4.69) is 108 Å². The number of hydrogen-bond donors (Lipinski definition) is 3. The monoisotopic (exact) mass is 1120 g/mol. The minimum absolute atomic E-state index is 0.148. The zero-order valence-corrected chi connectivity index (χ0v) is 48.5. The number of carbonyl (C=O) groups is 2. The number of nitrogens with one attached hydrogen (secondary N) is 3. The minimum atomic E-state index is 0.148. The van der Waals surface area contributed by atoms with Crippen molar-refractivity contribution in [2.75, 3.05) is 156 Å². The molecular weight excluding hydrogens is 1050 g/mol. The van der Waals surface area contributed by atoms with Gasteiger partial charge < -0.3 is 50.2 Å². The van der Waals surface area contributed by atoms with Gasteiger partial charge in [0.1, 0.15) is 0 Å². The van der Waals surface area contributed by atoms with E-state index in [1.165, 1.54) is 119 Å². The minimum Gasteiger partial charge on any atom is -0.371 e. The zero-order chi connectivity index (χ0) is 53.3. The van der Waals surface area contributed by atoms with Gasteiger partial charge in [0.2, 0.25) is 11.8 Å². The number of amides is 2. The lowest BCUT2D eigenvalue weighted by atomic mass is 9.92. The molecule has 3 N–H and O–H groups in total. The third kappa shape index (κ3) is 13.0. The van der Waals surface area contributed by atoms with E-state index in [1.54, 1.807) is 0 Å². The van der Waals surface area contributed by atoms with Crippen molar-refractivity contribution < 1.29 is 9.59 Å². The molecule has 77 heavy (non-hydrogen) atoms. The van der Waals surface area contributed by atoms with Gasteiger partial charge in [0, 0.05) is 138 Å². The molecule has 4 aromatic carbocycles. The van der Waals surface area contributed by atoms with Gasteiger partial charge >= 0.3 is 0 Å². The normalized spacial score (nSPS) is 28.7. The summed E-state index contributed by atoms with van der Waals surface area (Å²) in [5, 5.41) is 12.3. The summed E-state index contributed by atoms with van der Waals surface area (Å²) in [5.41, 5.74) is 9.60. The van der Waals surface area contributed by atoms with E-state index in [-0.39, 0.29) is 11.8 Å². The molecule has 0 aromatic heterocycles. The Morgan fingerprint density at radius 2 is 0.961 bits per heavy atom. The molecule has 0 saturated carbocycles. The van der Waals surface area contributed by atoms with Crippen molar-refractivity contribution in [3.05, 3.63) is 104 Å². The van der Waals surface area contributed by atoms with Crippen molar-refractivity contribution in [3.63, 3.8) is 0 Å². The quantitative estimate of drug-likeness (QED) is 0.184. The van der Waals surface area contributed by atoms with E-state index in [4.69, 9.17) is 46.4 Å². The molecule has 14 rings (SSSR count). The Labute approximate surface area is 478 Å². The van der Waals surface area contributed by atoms with Gasteiger partial charge in [-0.25, -0.2) is 0 Å². The van der Waals surface area contributed by atoms with E-state index in [1.807, 2.05) is 36.4 Å². The molecule has 10 heterocycles. The molecule has 12 nitrogen and oxygen atoms in total. The Hall–Kier alpha value is -3.98. The number of hydrogen-bond acceptors (Lipinski definition) is 10. The van der Waals surface area contributed by atoms with Crippen molar-refractivity contribution >= 4 is 92.3 Å². The number of fused-ring (bicyclic) bond motifs is 6. The van der Waals surface area contributed by atoms with E-state index in [0.29, 0.717) is 27.9 Å². The Morgan fingerprint density at radius 3 is 1.57 bits per heavy atom.